The fraction of sp³-hybridized carbons (Fsp3) is 0.167. The first-order valence-corrected chi connectivity index (χ1v) is 9.02. The van der Waals surface area contributed by atoms with Crippen molar-refractivity contribution in [3.05, 3.63) is 71.6 Å². The van der Waals surface area contributed by atoms with E-state index >= 15 is 0 Å². The minimum absolute atomic E-state index is 0.235. The van der Waals surface area contributed by atoms with E-state index in [1.807, 2.05) is 38.1 Å². The highest BCUT2D eigenvalue weighted by molar-refractivity contribution is 7.89. The Hall–Kier alpha value is -2.44. The predicted octanol–water partition coefficient (Wildman–Crippen LogP) is 3.44. The summed E-state index contributed by atoms with van der Waals surface area (Å²) in [6.07, 6.45) is 0. The third kappa shape index (κ3) is 3.39. The number of benzene rings is 2. The van der Waals surface area contributed by atoms with E-state index in [2.05, 4.69) is 9.88 Å². The van der Waals surface area contributed by atoms with Gasteiger partial charge in [0.2, 0.25) is 10.0 Å². The molecule has 0 bridgehead atoms. The number of aryl methyl sites for hydroxylation is 2. The molecular weight excluding hydrogens is 324 g/mol. The lowest BCUT2D eigenvalue weighted by Gasteiger charge is -2.07. The van der Waals surface area contributed by atoms with Crippen molar-refractivity contribution in [3.63, 3.8) is 0 Å². The quantitative estimate of drug-likeness (QED) is 0.771. The molecule has 24 heavy (non-hydrogen) atoms. The molecule has 0 saturated carbocycles. The van der Waals surface area contributed by atoms with E-state index in [1.54, 1.807) is 30.3 Å². The molecule has 0 fully saturated rings. The number of nitrogens with one attached hydrogen (secondary N) is 1. The van der Waals surface area contributed by atoms with Crippen molar-refractivity contribution in [2.24, 2.45) is 0 Å². The lowest BCUT2D eigenvalue weighted by molar-refractivity contribution is 0.393. The summed E-state index contributed by atoms with van der Waals surface area (Å²) in [6, 6.07) is 16.0. The molecule has 6 heteroatoms. The van der Waals surface area contributed by atoms with E-state index < -0.39 is 10.0 Å². The molecule has 0 aliphatic carbocycles. The largest absolute Gasteiger partial charge is 0.361 e. The zero-order chi connectivity index (χ0) is 17.2. The number of nitrogens with zero attached hydrogens (tertiary/aromatic N) is 1. The molecule has 0 saturated heterocycles. The number of hydrogen-bond donors (Lipinski definition) is 1. The van der Waals surface area contributed by atoms with Gasteiger partial charge in [-0.15, -0.1) is 0 Å². The fourth-order valence-electron chi connectivity index (χ4n) is 2.55. The van der Waals surface area contributed by atoms with Crippen LogP contribution in [0.25, 0.3) is 11.1 Å². The lowest BCUT2D eigenvalue weighted by atomic mass is 10.0. The van der Waals surface area contributed by atoms with E-state index in [0.717, 1.165) is 28.1 Å². The molecule has 0 spiro atoms. The van der Waals surface area contributed by atoms with Gasteiger partial charge in [-0.1, -0.05) is 47.6 Å². The van der Waals surface area contributed by atoms with Crippen LogP contribution in [-0.4, -0.2) is 13.6 Å². The summed E-state index contributed by atoms with van der Waals surface area (Å²) in [7, 11) is -3.50. The van der Waals surface area contributed by atoms with Gasteiger partial charge in [0, 0.05) is 12.1 Å². The molecule has 5 nitrogen and oxygen atoms in total. The topological polar surface area (TPSA) is 72.2 Å². The summed E-state index contributed by atoms with van der Waals surface area (Å²) in [4.78, 5) is 0.261. The first-order chi connectivity index (χ1) is 11.5. The SMILES string of the molecule is Cc1noc(C)c1-c1ccc(CNS(=O)(=O)c2ccccc2)cc1. The monoisotopic (exact) mass is 342 g/mol. The summed E-state index contributed by atoms with van der Waals surface area (Å²) in [5, 5.41) is 3.95. The number of aromatic nitrogens is 1. The van der Waals surface area contributed by atoms with Crippen LogP contribution in [-0.2, 0) is 16.6 Å². The fourth-order valence-corrected chi connectivity index (χ4v) is 3.58. The van der Waals surface area contributed by atoms with Gasteiger partial charge in [-0.2, -0.15) is 0 Å². The van der Waals surface area contributed by atoms with Crippen LogP contribution in [0.15, 0.2) is 64.0 Å². The van der Waals surface area contributed by atoms with Crippen molar-refractivity contribution in [3.8, 4) is 11.1 Å². The Morgan fingerprint density at radius 2 is 1.67 bits per heavy atom. The molecule has 0 atom stereocenters. The Kier molecular flexibility index (Phi) is 4.51. The van der Waals surface area contributed by atoms with Crippen molar-refractivity contribution >= 4 is 10.0 Å². The minimum Gasteiger partial charge on any atom is -0.361 e. The Bertz CT molecular complexity index is 911. The maximum Gasteiger partial charge on any atom is 0.240 e. The van der Waals surface area contributed by atoms with Crippen LogP contribution in [0, 0.1) is 13.8 Å². The second kappa shape index (κ2) is 6.59. The molecule has 124 valence electrons. The molecule has 1 aromatic heterocycles. The van der Waals surface area contributed by atoms with E-state index in [1.165, 1.54) is 0 Å². The highest BCUT2D eigenvalue weighted by Crippen LogP contribution is 2.26. The normalized spacial score (nSPS) is 11.6. The van der Waals surface area contributed by atoms with Crippen molar-refractivity contribution in [2.75, 3.05) is 0 Å². The number of rotatable bonds is 5. The molecule has 0 aliphatic rings. The molecule has 3 aromatic rings. The molecule has 1 heterocycles. The van der Waals surface area contributed by atoms with E-state index in [-0.39, 0.29) is 11.4 Å². The summed E-state index contributed by atoms with van der Waals surface area (Å²) in [6.45, 7) is 4.00. The van der Waals surface area contributed by atoms with Gasteiger partial charge in [-0.3, -0.25) is 0 Å². The standard InChI is InChI=1S/C18H18N2O3S/c1-13-18(14(2)23-20-13)16-10-8-15(9-11-16)12-19-24(21,22)17-6-4-3-5-7-17/h3-11,19H,12H2,1-2H3. The van der Waals surface area contributed by atoms with E-state index in [0.29, 0.717) is 0 Å². The smallest absolute Gasteiger partial charge is 0.240 e. The molecule has 0 radical (unpaired) electrons. The van der Waals surface area contributed by atoms with Crippen molar-refractivity contribution in [1.29, 1.82) is 0 Å². The van der Waals surface area contributed by atoms with E-state index in [9.17, 15) is 8.42 Å². The van der Waals surface area contributed by atoms with Crippen LogP contribution in [0.4, 0.5) is 0 Å². The lowest BCUT2D eigenvalue weighted by Crippen LogP contribution is -2.23. The van der Waals surface area contributed by atoms with Crippen LogP contribution in [0.2, 0.25) is 0 Å². The first kappa shape index (κ1) is 16.4. The highest BCUT2D eigenvalue weighted by atomic mass is 32.2. The Labute approximate surface area is 141 Å². The highest BCUT2D eigenvalue weighted by Gasteiger charge is 2.14. The molecule has 3 rings (SSSR count). The summed E-state index contributed by atoms with van der Waals surface area (Å²) in [5.41, 5.74) is 3.70. The number of hydrogen-bond acceptors (Lipinski definition) is 4. The zero-order valence-corrected chi connectivity index (χ0v) is 14.3. The summed E-state index contributed by atoms with van der Waals surface area (Å²) >= 11 is 0. The molecule has 0 amide bonds. The van der Waals surface area contributed by atoms with Gasteiger partial charge in [-0.05, 0) is 37.1 Å². The van der Waals surface area contributed by atoms with Gasteiger partial charge in [0.05, 0.1) is 10.6 Å². The van der Waals surface area contributed by atoms with Gasteiger partial charge in [-0.25, -0.2) is 13.1 Å². The zero-order valence-electron chi connectivity index (χ0n) is 13.5. The maximum atomic E-state index is 12.2. The summed E-state index contributed by atoms with van der Waals surface area (Å²) < 4.78 is 32.2. The third-order valence-corrected chi connectivity index (χ3v) is 5.21. The van der Waals surface area contributed by atoms with Crippen molar-refractivity contribution in [1.82, 2.24) is 9.88 Å². The molecule has 0 aliphatic heterocycles. The molecule has 2 aromatic carbocycles. The van der Waals surface area contributed by atoms with Crippen LogP contribution in [0.1, 0.15) is 17.0 Å². The average Bonchev–Trinajstić information content (AvgIpc) is 2.93. The van der Waals surface area contributed by atoms with Crippen LogP contribution in [0.5, 0.6) is 0 Å². The molecule has 1 N–H and O–H groups in total. The Balaban J connectivity index is 1.74. The minimum atomic E-state index is -3.50. The van der Waals surface area contributed by atoms with Gasteiger partial charge in [0.15, 0.2) is 0 Å². The van der Waals surface area contributed by atoms with Gasteiger partial charge >= 0.3 is 0 Å². The second-order valence-corrected chi connectivity index (χ2v) is 7.30. The van der Waals surface area contributed by atoms with Crippen LogP contribution >= 0.6 is 0 Å². The molecular formula is C18H18N2O3S. The van der Waals surface area contributed by atoms with Gasteiger partial charge in [0.1, 0.15) is 5.76 Å². The maximum absolute atomic E-state index is 12.2. The van der Waals surface area contributed by atoms with Gasteiger partial charge < -0.3 is 4.52 Å². The summed E-state index contributed by atoms with van der Waals surface area (Å²) in [5.74, 6) is 0.769. The average molecular weight is 342 g/mol. The van der Waals surface area contributed by atoms with Gasteiger partial charge in [0.25, 0.3) is 0 Å². The molecule has 0 unspecified atom stereocenters. The van der Waals surface area contributed by atoms with Crippen molar-refractivity contribution < 1.29 is 12.9 Å². The second-order valence-electron chi connectivity index (χ2n) is 5.53. The van der Waals surface area contributed by atoms with Crippen LogP contribution in [0.3, 0.4) is 0 Å². The first-order valence-electron chi connectivity index (χ1n) is 7.54. The van der Waals surface area contributed by atoms with Crippen LogP contribution < -0.4 is 4.72 Å². The number of sulfonamides is 1. The third-order valence-electron chi connectivity index (χ3n) is 3.80. The predicted molar refractivity (Wildman–Crippen MR) is 91.9 cm³/mol. The van der Waals surface area contributed by atoms with E-state index in [4.69, 9.17) is 4.52 Å². The Morgan fingerprint density at radius 1 is 1.00 bits per heavy atom. The van der Waals surface area contributed by atoms with Crippen molar-refractivity contribution in [2.45, 2.75) is 25.3 Å². The Morgan fingerprint density at radius 3 is 2.25 bits per heavy atom.